The van der Waals surface area contributed by atoms with Gasteiger partial charge in [0.15, 0.2) is 0 Å². The van der Waals surface area contributed by atoms with Crippen molar-refractivity contribution in [1.29, 1.82) is 0 Å². The predicted molar refractivity (Wildman–Crippen MR) is 96.5 cm³/mol. The Morgan fingerprint density at radius 2 is 1.96 bits per heavy atom. The van der Waals surface area contributed by atoms with Crippen molar-refractivity contribution in [3.63, 3.8) is 0 Å². The van der Waals surface area contributed by atoms with Gasteiger partial charge in [0.05, 0.1) is 10.6 Å². The first-order valence-corrected chi connectivity index (χ1v) is 9.98. The molecule has 0 saturated heterocycles. The molecule has 0 aliphatic carbocycles. The molecule has 0 fully saturated rings. The Bertz CT molecular complexity index is 1010. The quantitative estimate of drug-likeness (QED) is 0.671. The molecule has 1 amide bonds. The van der Waals surface area contributed by atoms with Crippen molar-refractivity contribution in [2.45, 2.75) is 11.3 Å². The lowest BCUT2D eigenvalue weighted by Crippen LogP contribution is -2.23. The van der Waals surface area contributed by atoms with Gasteiger partial charge >= 0.3 is 6.09 Å². The summed E-state index contributed by atoms with van der Waals surface area (Å²) >= 11 is 1.43. The van der Waals surface area contributed by atoms with Crippen LogP contribution in [0.2, 0.25) is 0 Å². The highest BCUT2D eigenvalue weighted by Gasteiger charge is 2.22. The van der Waals surface area contributed by atoms with E-state index in [1.54, 1.807) is 12.1 Å². The van der Waals surface area contributed by atoms with Crippen LogP contribution in [0.15, 0.2) is 58.3 Å². The van der Waals surface area contributed by atoms with E-state index in [4.69, 9.17) is 5.11 Å². The molecule has 136 valence electrons. The van der Waals surface area contributed by atoms with Crippen molar-refractivity contribution in [2.75, 3.05) is 6.54 Å². The Balaban J connectivity index is 2.02. The second-order valence-corrected chi connectivity index (χ2v) is 8.08. The summed E-state index contributed by atoms with van der Waals surface area (Å²) in [5.74, 6) is -0.519. The topological polar surface area (TPSA) is 88.4 Å². The van der Waals surface area contributed by atoms with Crippen LogP contribution in [0.1, 0.15) is 5.56 Å². The summed E-state index contributed by atoms with van der Waals surface area (Å²) in [5.41, 5.74) is 1.88. The fraction of sp³-hybridized carbons (Fsp3) is 0.118. The molecule has 3 rings (SSSR count). The Morgan fingerprint density at radius 3 is 2.58 bits per heavy atom. The fourth-order valence-corrected chi connectivity index (χ4v) is 4.53. The maximum absolute atomic E-state index is 13.1. The number of amides is 1. The Labute approximate surface area is 153 Å². The molecule has 2 N–H and O–H groups in total. The number of carbonyl (C=O) groups is 1. The third-order valence-electron chi connectivity index (χ3n) is 3.72. The lowest BCUT2D eigenvalue weighted by molar-refractivity contribution is 0.194. The van der Waals surface area contributed by atoms with Crippen LogP contribution in [0, 0.1) is 5.82 Å². The highest BCUT2D eigenvalue weighted by Crippen LogP contribution is 2.29. The molecule has 9 heteroatoms. The summed E-state index contributed by atoms with van der Waals surface area (Å²) in [7, 11) is -3.92. The number of hydrogen-bond acceptors (Lipinski definition) is 4. The van der Waals surface area contributed by atoms with E-state index < -0.39 is 21.9 Å². The van der Waals surface area contributed by atoms with Crippen molar-refractivity contribution in [3.8, 4) is 11.3 Å². The molecule has 0 radical (unpaired) electrons. The van der Waals surface area contributed by atoms with E-state index >= 15 is 0 Å². The molecule has 6 nitrogen and oxygen atoms in total. The minimum absolute atomic E-state index is 0.0267. The SMILES string of the molecule is O=C(O)NCCc1cc(-c2ccsc2)n(S(=O)(=O)c2ccc(F)cc2)c1. The molecule has 2 aromatic heterocycles. The molecular formula is C17H15FN2O4S2. The third-order valence-corrected chi connectivity index (χ3v) is 6.09. The third kappa shape index (κ3) is 3.78. The van der Waals surface area contributed by atoms with Gasteiger partial charge < -0.3 is 10.4 Å². The molecule has 0 aliphatic heterocycles. The predicted octanol–water partition coefficient (Wildman–Crippen LogP) is 3.40. The maximum Gasteiger partial charge on any atom is 0.404 e. The van der Waals surface area contributed by atoms with Crippen LogP contribution >= 0.6 is 11.3 Å². The number of nitrogens with zero attached hydrogens (tertiary/aromatic N) is 1. The van der Waals surface area contributed by atoms with Gasteiger partial charge in [-0.2, -0.15) is 11.3 Å². The summed E-state index contributed by atoms with van der Waals surface area (Å²) in [6.07, 6.45) is 0.673. The molecule has 0 spiro atoms. The smallest absolute Gasteiger partial charge is 0.404 e. The standard InChI is InChI=1S/C17H15FN2O4S2/c18-14-1-3-15(4-2-14)26(23,24)20-10-12(5-7-19-17(21)22)9-16(20)13-6-8-25-11-13/h1-4,6,8-11,19H,5,7H2,(H,21,22). The molecule has 2 heterocycles. The Kier molecular flexibility index (Phi) is 5.10. The van der Waals surface area contributed by atoms with Gasteiger partial charge in [-0.05, 0) is 53.8 Å². The number of rotatable bonds is 6. The minimum Gasteiger partial charge on any atom is -0.465 e. The molecule has 1 aromatic carbocycles. The van der Waals surface area contributed by atoms with Crippen molar-refractivity contribution < 1.29 is 22.7 Å². The first-order chi connectivity index (χ1) is 12.4. The van der Waals surface area contributed by atoms with E-state index in [1.165, 1.54) is 29.7 Å². The Hall–Kier alpha value is -2.65. The molecule has 0 unspecified atom stereocenters. The first-order valence-electron chi connectivity index (χ1n) is 7.60. The van der Waals surface area contributed by atoms with E-state index in [1.807, 2.05) is 10.8 Å². The normalized spacial score (nSPS) is 11.4. The van der Waals surface area contributed by atoms with Gasteiger partial charge in [0, 0.05) is 23.7 Å². The van der Waals surface area contributed by atoms with E-state index in [0.717, 1.165) is 21.7 Å². The average Bonchev–Trinajstić information content (AvgIpc) is 3.24. The first kappa shape index (κ1) is 18.2. The van der Waals surface area contributed by atoms with E-state index in [-0.39, 0.29) is 11.4 Å². The van der Waals surface area contributed by atoms with Gasteiger partial charge in [-0.25, -0.2) is 21.6 Å². The summed E-state index contributed by atoms with van der Waals surface area (Å²) in [4.78, 5) is 10.6. The molecule has 0 aliphatic rings. The van der Waals surface area contributed by atoms with Crippen LogP contribution in [-0.2, 0) is 16.4 Å². The van der Waals surface area contributed by atoms with Crippen molar-refractivity contribution in [1.82, 2.24) is 9.29 Å². The van der Waals surface area contributed by atoms with Crippen LogP contribution < -0.4 is 5.32 Å². The number of benzene rings is 1. The monoisotopic (exact) mass is 394 g/mol. The number of hydrogen-bond donors (Lipinski definition) is 2. The van der Waals surface area contributed by atoms with Gasteiger partial charge in [0.25, 0.3) is 10.0 Å². The molecule has 26 heavy (non-hydrogen) atoms. The molecule has 0 saturated carbocycles. The van der Waals surface area contributed by atoms with E-state index in [9.17, 15) is 17.6 Å². The Morgan fingerprint density at radius 1 is 1.23 bits per heavy atom. The molecule has 0 bridgehead atoms. The van der Waals surface area contributed by atoms with Crippen LogP contribution in [-0.4, -0.2) is 30.1 Å². The van der Waals surface area contributed by atoms with Crippen molar-refractivity contribution >= 4 is 27.5 Å². The van der Waals surface area contributed by atoms with Gasteiger partial charge in [0.1, 0.15) is 5.82 Å². The lowest BCUT2D eigenvalue weighted by Gasteiger charge is -2.09. The number of thiophene rings is 1. The minimum atomic E-state index is -3.92. The summed E-state index contributed by atoms with van der Waals surface area (Å²) in [5, 5.41) is 14.6. The van der Waals surface area contributed by atoms with Gasteiger partial charge in [-0.1, -0.05) is 0 Å². The van der Waals surface area contributed by atoms with Crippen molar-refractivity contribution in [3.05, 3.63) is 64.7 Å². The summed E-state index contributed by atoms with van der Waals surface area (Å²) < 4.78 is 40.3. The number of nitrogens with one attached hydrogen (secondary N) is 1. The van der Waals surface area contributed by atoms with Crippen molar-refractivity contribution in [2.24, 2.45) is 0 Å². The molecule has 3 aromatic rings. The average molecular weight is 394 g/mol. The van der Waals surface area contributed by atoms with Crippen LogP contribution in [0.3, 0.4) is 0 Å². The zero-order valence-corrected chi connectivity index (χ0v) is 15.1. The highest BCUT2D eigenvalue weighted by atomic mass is 32.2. The largest absolute Gasteiger partial charge is 0.465 e. The van der Waals surface area contributed by atoms with E-state index in [0.29, 0.717) is 17.7 Å². The number of carboxylic acid groups (broad SMARTS) is 1. The van der Waals surface area contributed by atoms with Crippen LogP contribution in [0.4, 0.5) is 9.18 Å². The fourth-order valence-electron chi connectivity index (χ4n) is 2.49. The molecular weight excluding hydrogens is 379 g/mol. The van der Waals surface area contributed by atoms with Crippen LogP contribution in [0.5, 0.6) is 0 Å². The zero-order chi connectivity index (χ0) is 18.7. The second kappa shape index (κ2) is 7.30. The molecule has 0 atom stereocenters. The summed E-state index contributed by atoms with van der Waals surface area (Å²) in [6, 6.07) is 8.14. The maximum atomic E-state index is 13.1. The highest BCUT2D eigenvalue weighted by molar-refractivity contribution is 7.90. The summed E-state index contributed by atoms with van der Waals surface area (Å²) in [6.45, 7) is 0.166. The lowest BCUT2D eigenvalue weighted by atomic mass is 10.2. The van der Waals surface area contributed by atoms with E-state index in [2.05, 4.69) is 5.32 Å². The van der Waals surface area contributed by atoms with Gasteiger partial charge in [-0.15, -0.1) is 0 Å². The van der Waals surface area contributed by atoms with Crippen LogP contribution in [0.25, 0.3) is 11.3 Å². The number of halogens is 1. The number of aromatic nitrogens is 1. The zero-order valence-electron chi connectivity index (χ0n) is 13.4. The van der Waals surface area contributed by atoms with Gasteiger partial charge in [0.2, 0.25) is 0 Å². The second-order valence-electron chi connectivity index (χ2n) is 5.48. The van der Waals surface area contributed by atoms with Gasteiger partial charge in [-0.3, -0.25) is 0 Å².